The molecular formula is C16H22N2O3. The van der Waals surface area contributed by atoms with Crippen LogP contribution in [0.3, 0.4) is 0 Å². The lowest BCUT2D eigenvalue weighted by Gasteiger charge is -2.28. The van der Waals surface area contributed by atoms with Gasteiger partial charge in [0.2, 0.25) is 5.91 Å². The maximum Gasteiger partial charge on any atom is 0.326 e. The normalized spacial score (nSPS) is 19.8. The zero-order valence-corrected chi connectivity index (χ0v) is 12.4. The molecule has 3 N–H and O–H groups in total. The van der Waals surface area contributed by atoms with Gasteiger partial charge in [-0.25, -0.2) is 4.79 Å². The fourth-order valence-electron chi connectivity index (χ4n) is 2.58. The second kappa shape index (κ2) is 6.61. The topological polar surface area (TPSA) is 78.4 Å². The van der Waals surface area contributed by atoms with Gasteiger partial charge in [-0.05, 0) is 24.0 Å². The molecule has 21 heavy (non-hydrogen) atoms. The van der Waals surface area contributed by atoms with Gasteiger partial charge >= 0.3 is 5.97 Å². The molecule has 0 spiro atoms. The zero-order valence-electron chi connectivity index (χ0n) is 12.4. The standard InChI is InChI=1S/C16H22N2O3/c1-3-10(2)14(16(20)21)18-15(19)12-8-11-6-4-5-7-13(11)17-9-12/h4-7,10,12,14,17H,3,8-9H2,1-2H3,(H,18,19)(H,20,21)/t10-,12?,14-/m0/s1. The molecule has 1 aliphatic rings. The number of carboxylic acids is 1. The first-order valence-electron chi connectivity index (χ1n) is 7.37. The van der Waals surface area contributed by atoms with Crippen LogP contribution in [0.2, 0.25) is 0 Å². The summed E-state index contributed by atoms with van der Waals surface area (Å²) in [5.41, 5.74) is 2.15. The van der Waals surface area contributed by atoms with E-state index in [9.17, 15) is 14.7 Å². The lowest BCUT2D eigenvalue weighted by atomic mass is 9.92. The lowest BCUT2D eigenvalue weighted by molar-refractivity contribution is -0.144. The van der Waals surface area contributed by atoms with E-state index in [2.05, 4.69) is 10.6 Å². The van der Waals surface area contributed by atoms with E-state index in [0.29, 0.717) is 19.4 Å². The van der Waals surface area contributed by atoms with Crippen LogP contribution in [0.25, 0.3) is 0 Å². The highest BCUT2D eigenvalue weighted by molar-refractivity contribution is 5.86. The minimum absolute atomic E-state index is 0.0877. The summed E-state index contributed by atoms with van der Waals surface area (Å²) in [5, 5.41) is 15.2. The van der Waals surface area contributed by atoms with E-state index in [1.54, 1.807) is 0 Å². The molecule has 114 valence electrons. The molecule has 1 aromatic rings. The Balaban J connectivity index is 2.03. The van der Waals surface area contributed by atoms with Gasteiger partial charge in [-0.3, -0.25) is 4.79 Å². The van der Waals surface area contributed by atoms with Crippen molar-refractivity contribution in [3.63, 3.8) is 0 Å². The molecule has 1 aliphatic heterocycles. The van der Waals surface area contributed by atoms with E-state index in [1.807, 2.05) is 38.1 Å². The summed E-state index contributed by atoms with van der Waals surface area (Å²) < 4.78 is 0. The van der Waals surface area contributed by atoms with Gasteiger partial charge in [0.25, 0.3) is 0 Å². The first kappa shape index (κ1) is 15.4. The number of amides is 1. The first-order chi connectivity index (χ1) is 10.0. The van der Waals surface area contributed by atoms with Crippen LogP contribution in [0.4, 0.5) is 5.69 Å². The molecule has 0 fully saturated rings. The Bertz CT molecular complexity index is 530. The van der Waals surface area contributed by atoms with Crippen LogP contribution < -0.4 is 10.6 Å². The molecule has 0 radical (unpaired) electrons. The second-order valence-corrected chi connectivity index (χ2v) is 5.65. The molecule has 1 aromatic carbocycles. The van der Waals surface area contributed by atoms with Gasteiger partial charge in [0.15, 0.2) is 0 Å². The third-order valence-electron chi connectivity index (χ3n) is 4.17. The van der Waals surface area contributed by atoms with Crippen molar-refractivity contribution in [3.05, 3.63) is 29.8 Å². The fourth-order valence-corrected chi connectivity index (χ4v) is 2.58. The molecular weight excluding hydrogens is 268 g/mol. The number of rotatable bonds is 5. The lowest BCUT2D eigenvalue weighted by Crippen LogP contribution is -2.49. The van der Waals surface area contributed by atoms with E-state index < -0.39 is 12.0 Å². The number of benzene rings is 1. The highest BCUT2D eigenvalue weighted by atomic mass is 16.4. The van der Waals surface area contributed by atoms with Crippen LogP contribution in [0.1, 0.15) is 25.8 Å². The molecule has 2 rings (SSSR count). The summed E-state index contributed by atoms with van der Waals surface area (Å²) in [6, 6.07) is 7.06. The van der Waals surface area contributed by atoms with Crippen LogP contribution in [0, 0.1) is 11.8 Å². The number of aliphatic carboxylic acids is 1. The van der Waals surface area contributed by atoms with Crippen LogP contribution in [0.5, 0.6) is 0 Å². The molecule has 0 aliphatic carbocycles. The van der Waals surface area contributed by atoms with Crippen molar-refractivity contribution in [2.75, 3.05) is 11.9 Å². The SMILES string of the molecule is CC[C@H](C)[C@H](NC(=O)C1CNc2ccccc2C1)C(=O)O. The summed E-state index contributed by atoms with van der Waals surface area (Å²) in [6.45, 7) is 4.30. The van der Waals surface area contributed by atoms with Gasteiger partial charge in [0, 0.05) is 12.2 Å². The Morgan fingerprint density at radius 2 is 2.14 bits per heavy atom. The van der Waals surface area contributed by atoms with E-state index >= 15 is 0 Å². The zero-order chi connectivity index (χ0) is 15.4. The molecule has 1 amide bonds. The number of carbonyl (C=O) groups excluding carboxylic acids is 1. The van der Waals surface area contributed by atoms with Gasteiger partial charge < -0.3 is 15.7 Å². The van der Waals surface area contributed by atoms with Crippen molar-refractivity contribution in [1.82, 2.24) is 5.32 Å². The van der Waals surface area contributed by atoms with Gasteiger partial charge in [-0.15, -0.1) is 0 Å². The van der Waals surface area contributed by atoms with Crippen molar-refractivity contribution in [2.24, 2.45) is 11.8 Å². The Labute approximate surface area is 124 Å². The quantitative estimate of drug-likeness (QED) is 0.774. The summed E-state index contributed by atoms with van der Waals surface area (Å²) in [4.78, 5) is 23.6. The largest absolute Gasteiger partial charge is 0.480 e. The van der Waals surface area contributed by atoms with Crippen molar-refractivity contribution >= 4 is 17.6 Å². The van der Waals surface area contributed by atoms with E-state index in [-0.39, 0.29) is 17.7 Å². The highest BCUT2D eigenvalue weighted by Crippen LogP contribution is 2.24. The Kier molecular flexibility index (Phi) is 4.83. The van der Waals surface area contributed by atoms with Gasteiger partial charge in [-0.1, -0.05) is 38.5 Å². The van der Waals surface area contributed by atoms with Gasteiger partial charge in [-0.2, -0.15) is 0 Å². The number of fused-ring (bicyclic) bond motifs is 1. The number of para-hydroxylation sites is 1. The molecule has 0 aromatic heterocycles. The first-order valence-corrected chi connectivity index (χ1v) is 7.37. The van der Waals surface area contributed by atoms with Crippen LogP contribution in [-0.2, 0) is 16.0 Å². The van der Waals surface area contributed by atoms with Crippen molar-refractivity contribution < 1.29 is 14.7 Å². The Morgan fingerprint density at radius 1 is 1.43 bits per heavy atom. The number of hydrogen-bond donors (Lipinski definition) is 3. The molecule has 1 heterocycles. The van der Waals surface area contributed by atoms with Crippen LogP contribution in [0.15, 0.2) is 24.3 Å². The van der Waals surface area contributed by atoms with Gasteiger partial charge in [0.1, 0.15) is 6.04 Å². The summed E-state index contributed by atoms with van der Waals surface area (Å²) >= 11 is 0. The Morgan fingerprint density at radius 3 is 2.81 bits per heavy atom. The smallest absolute Gasteiger partial charge is 0.326 e. The second-order valence-electron chi connectivity index (χ2n) is 5.65. The maximum absolute atomic E-state index is 12.3. The number of nitrogens with one attached hydrogen (secondary N) is 2. The van der Waals surface area contributed by atoms with E-state index in [4.69, 9.17) is 0 Å². The molecule has 0 bridgehead atoms. The maximum atomic E-state index is 12.3. The number of carbonyl (C=O) groups is 2. The molecule has 3 atom stereocenters. The Hall–Kier alpha value is -2.04. The number of hydrogen-bond acceptors (Lipinski definition) is 3. The van der Waals surface area contributed by atoms with Gasteiger partial charge in [0.05, 0.1) is 5.92 Å². The van der Waals surface area contributed by atoms with Crippen molar-refractivity contribution in [3.8, 4) is 0 Å². The molecule has 0 saturated heterocycles. The molecule has 5 nitrogen and oxygen atoms in total. The van der Waals surface area contributed by atoms with E-state index in [0.717, 1.165) is 11.3 Å². The fraction of sp³-hybridized carbons (Fsp3) is 0.500. The molecule has 0 saturated carbocycles. The minimum atomic E-state index is -0.970. The summed E-state index contributed by atoms with van der Waals surface area (Å²) in [7, 11) is 0. The predicted octanol–water partition coefficient (Wildman–Crippen LogP) is 1.89. The molecule has 5 heteroatoms. The van der Waals surface area contributed by atoms with Crippen LogP contribution >= 0.6 is 0 Å². The van der Waals surface area contributed by atoms with E-state index in [1.165, 1.54) is 0 Å². The van der Waals surface area contributed by atoms with Crippen molar-refractivity contribution in [1.29, 1.82) is 0 Å². The third kappa shape index (κ3) is 3.54. The number of carboxylic acid groups (broad SMARTS) is 1. The van der Waals surface area contributed by atoms with Crippen molar-refractivity contribution in [2.45, 2.75) is 32.7 Å². The minimum Gasteiger partial charge on any atom is -0.480 e. The predicted molar refractivity (Wildman–Crippen MR) is 81.1 cm³/mol. The van der Waals surface area contributed by atoms with Crippen LogP contribution in [-0.4, -0.2) is 29.6 Å². The highest BCUT2D eigenvalue weighted by Gasteiger charge is 2.30. The average Bonchev–Trinajstić information content (AvgIpc) is 2.50. The monoisotopic (exact) mass is 290 g/mol. The summed E-state index contributed by atoms with van der Waals surface area (Å²) in [6.07, 6.45) is 1.35. The average molecular weight is 290 g/mol. The number of anilines is 1. The molecule has 1 unspecified atom stereocenters. The summed E-state index contributed by atoms with van der Waals surface area (Å²) in [5.74, 6) is -1.48. The third-order valence-corrected chi connectivity index (χ3v) is 4.17.